The number of thiol groups is 1. The van der Waals surface area contributed by atoms with E-state index in [1.807, 2.05) is 138 Å². The van der Waals surface area contributed by atoms with E-state index in [1.165, 1.54) is 0 Å². The van der Waals surface area contributed by atoms with E-state index in [1.54, 1.807) is 6.92 Å². The predicted octanol–water partition coefficient (Wildman–Crippen LogP) is -8.67. The molecule has 10 rings (SSSR count). The maximum Gasteiger partial charge on any atom is 0.192 e. The normalized spacial score (nSPS) is 42.6. The number of aliphatic hydroxyl groups is 30. The minimum Gasteiger partial charge on any atom is -0.394 e. The molecular weight excluding hydrogens is 1850 g/mol. The van der Waals surface area contributed by atoms with Crippen molar-refractivity contribution in [2.75, 3.05) is 58.5 Å². The standard InChI is InChI=1S/C9H17N3O4.3C9H19NO4.C9H18O5.C9H18O4S.3C9H18O4.C9H16O4/c1-4(2)9-8(15)6(11-12-10)7(14)5(3-13)16-9;1-4(2)9-8(13)6(10)7(12)5(3-11)14-9;1-4(2)9-8(13)7(12)6(10)5(3-11)14-9;2*1-4(2)9-8(13)7(12)6(11)5(3-10)14-9;1-4(2)9-8(12)7(11)6(10)5(3-14)13-9;1-5(2)9-7(12)3-6(11)8(4-10)13-9;1-5(2)7-3-6(11)9(12)8(4-10)13-7;1-5(2)9-8(12)7(11)3-6(4-10)13-9;1-4(2)9-8(12)7(11)6(10)5(3)13-9/h4-9,13-15H,3H2,1-2H3;3*4-9,11-13H,3,10H2,1-2H3;4-13H,3H2,1-2H3;4-12,14H,3H2,1-2H3;3*5-12H,3-4H2,1-2H3;4-5,7-9,11-12H,1-3H3/t2*5?,6-,7+,8?,9-;4*5?,6-,7+,8?,9+;6-,7?,8?,9-;6-,7-,8?,9+;6?,7-,8?,9-;5?,7-,8?,9-/m0011110100/s1. The molecular formula is C90H180N6O41S. The molecule has 48 heteroatoms. The lowest BCUT2D eigenvalue weighted by atomic mass is 9.88. The highest BCUT2D eigenvalue weighted by Crippen LogP contribution is 2.35. The van der Waals surface area contributed by atoms with Gasteiger partial charge < -0.3 is 218 Å². The molecule has 0 saturated carbocycles. The lowest BCUT2D eigenvalue weighted by molar-refractivity contribution is -0.238. The van der Waals surface area contributed by atoms with Gasteiger partial charge in [0.1, 0.15) is 134 Å². The molecule has 822 valence electrons. The number of nitrogens with two attached hydrogens (primary N) is 3. The van der Waals surface area contributed by atoms with Crippen molar-refractivity contribution in [1.29, 1.82) is 0 Å². The number of carbonyl (C=O) groups is 1. The Morgan fingerprint density at radius 3 is 1.00 bits per heavy atom. The molecule has 0 bridgehead atoms. The summed E-state index contributed by atoms with van der Waals surface area (Å²) in [5.74, 6) is 0.925. The first kappa shape index (κ1) is 134. The minimum atomic E-state index is -1.30. The zero-order valence-electron chi connectivity index (χ0n) is 83.7. The van der Waals surface area contributed by atoms with Crippen LogP contribution in [0.3, 0.4) is 0 Å². The SMILES string of the molecule is CC(C)[C@@H]1OC(CN)[C@@H](O)[C@H](O)C1O.CC(C)[C@@H]1OC(CO)C[C@H](O)C1O.CC(C)[C@@H]1OC(CO)[C@@H](N)[C@H](O)C1O.CC(C)[C@@H]1OC(CO)[C@@H](O)CC1O.CC(C)[C@@H]1OC(CO)[C@@H](O)[C@H](N)C1O.CC(C)[C@@H]1OC(CO)[C@@H](O)[C@H](N=[N+]=[N-])C1O.CC(C)[C@@H]1OC(CO)[C@@H](O)[C@H](O)C1O.CC(C)[C@@H]1OC(CS)[C@@H](O)[C@H](O)C1O.CC(C)[C@H]1C[C@@H](O)[C@H](O)C(CO)O1.CC1O[C@@H](C(C)C)C(O)[C@@H](O)C1=O. The molecule has 0 aromatic rings. The predicted molar refractivity (Wildman–Crippen MR) is 499 cm³/mol. The number of hydrogen-bond acceptors (Lipinski definition) is 46. The maximum atomic E-state index is 11.2. The lowest BCUT2D eigenvalue weighted by Crippen LogP contribution is -2.63. The average molecular weight is 2030 g/mol. The van der Waals surface area contributed by atoms with Gasteiger partial charge in [-0.2, -0.15) is 12.6 Å². The van der Waals surface area contributed by atoms with E-state index in [0.717, 1.165) is 0 Å². The fourth-order valence-corrected chi connectivity index (χ4v) is 17.2. The molecule has 0 spiro atoms. The zero-order valence-corrected chi connectivity index (χ0v) is 84.6. The Morgan fingerprint density at radius 1 is 0.304 bits per heavy atom. The Balaban J connectivity index is 0.000000767. The zero-order chi connectivity index (χ0) is 107. The second-order valence-corrected chi connectivity index (χ2v) is 40.7. The van der Waals surface area contributed by atoms with E-state index in [-0.39, 0.29) is 143 Å². The van der Waals surface area contributed by atoms with Gasteiger partial charge in [-0.05, 0) is 71.6 Å². The summed E-state index contributed by atoms with van der Waals surface area (Å²) in [7, 11) is 0. The molecule has 46 atom stereocenters. The summed E-state index contributed by atoms with van der Waals surface area (Å²) >= 11 is 4.02. The van der Waals surface area contributed by atoms with Crippen LogP contribution in [0.25, 0.3) is 10.4 Å². The largest absolute Gasteiger partial charge is 0.394 e. The quantitative estimate of drug-likeness (QED) is 0.0233. The summed E-state index contributed by atoms with van der Waals surface area (Å²) in [6.45, 7) is 37.8. The summed E-state index contributed by atoms with van der Waals surface area (Å²) in [4.78, 5) is 13.8. The van der Waals surface area contributed by atoms with Gasteiger partial charge in [0.15, 0.2) is 5.78 Å². The Morgan fingerprint density at radius 2 is 0.623 bits per heavy atom. The van der Waals surface area contributed by atoms with Crippen molar-refractivity contribution in [1.82, 2.24) is 0 Å². The number of ketones is 1. The molecule has 10 aliphatic heterocycles. The van der Waals surface area contributed by atoms with E-state index >= 15 is 0 Å². The van der Waals surface area contributed by atoms with Crippen LogP contribution in [0.5, 0.6) is 0 Å². The van der Waals surface area contributed by atoms with Gasteiger partial charge in [0, 0.05) is 36.5 Å². The number of carbonyl (C=O) groups excluding carboxylic acids is 1. The Labute approximate surface area is 816 Å². The smallest absolute Gasteiger partial charge is 0.192 e. The van der Waals surface area contributed by atoms with Gasteiger partial charge in [-0.1, -0.05) is 144 Å². The summed E-state index contributed by atoms with van der Waals surface area (Å²) < 4.78 is 53.8. The summed E-state index contributed by atoms with van der Waals surface area (Å²) in [5, 5.41) is 285. The summed E-state index contributed by atoms with van der Waals surface area (Å²) in [5.41, 5.74) is 25.0. The molecule has 10 aliphatic rings. The maximum absolute atomic E-state index is 11.2. The number of ether oxygens (including phenoxy) is 10. The molecule has 0 aromatic heterocycles. The van der Waals surface area contributed by atoms with Crippen molar-refractivity contribution in [3.63, 3.8) is 0 Å². The van der Waals surface area contributed by atoms with Crippen LogP contribution in [0.4, 0.5) is 0 Å². The second kappa shape index (κ2) is 64.8. The number of azide groups is 1. The molecule has 10 heterocycles. The molecule has 0 aromatic carbocycles. The van der Waals surface area contributed by atoms with Gasteiger partial charge in [-0.15, -0.1) is 0 Å². The van der Waals surface area contributed by atoms with E-state index in [0.29, 0.717) is 18.6 Å². The van der Waals surface area contributed by atoms with Gasteiger partial charge in [-0.3, -0.25) is 4.79 Å². The molecule has 0 amide bonds. The van der Waals surface area contributed by atoms with E-state index < -0.39 is 262 Å². The molecule has 36 N–H and O–H groups in total. The van der Waals surface area contributed by atoms with Crippen LogP contribution in [0.2, 0.25) is 0 Å². The highest BCUT2D eigenvalue weighted by atomic mass is 32.1. The van der Waals surface area contributed by atoms with Crippen molar-refractivity contribution in [3.05, 3.63) is 10.4 Å². The van der Waals surface area contributed by atoms with E-state index in [2.05, 4.69) is 22.7 Å². The molecule has 138 heavy (non-hydrogen) atoms. The van der Waals surface area contributed by atoms with Crippen molar-refractivity contribution >= 4 is 18.4 Å². The van der Waals surface area contributed by atoms with Crippen molar-refractivity contribution in [2.45, 2.75) is 445 Å². The molecule has 10 fully saturated rings. The highest BCUT2D eigenvalue weighted by Gasteiger charge is 2.52. The number of rotatable bonds is 20. The van der Waals surface area contributed by atoms with E-state index in [4.69, 9.17) is 106 Å². The monoisotopic (exact) mass is 2030 g/mol. The fourth-order valence-electron chi connectivity index (χ4n) is 16.9. The highest BCUT2D eigenvalue weighted by molar-refractivity contribution is 7.80. The van der Waals surface area contributed by atoms with Crippen LogP contribution in [-0.4, -0.2) is 498 Å². The first-order valence-corrected chi connectivity index (χ1v) is 48.6. The number of aliphatic hydroxyl groups excluding tert-OH is 30. The molecule has 0 aliphatic carbocycles. The molecule has 19 unspecified atom stereocenters. The Hall–Kier alpha value is -2.39. The first-order valence-electron chi connectivity index (χ1n) is 47.9. The van der Waals surface area contributed by atoms with Crippen LogP contribution in [0.1, 0.15) is 165 Å². The minimum absolute atomic E-state index is 0.00653. The third kappa shape index (κ3) is 38.6. The number of Topliss-reactive ketones (excluding diaryl/α,β-unsaturated/α-hetero) is 1. The third-order valence-corrected chi connectivity index (χ3v) is 26.1. The van der Waals surface area contributed by atoms with Gasteiger partial charge in [0.2, 0.25) is 0 Å². The topological polar surface area (TPSA) is 843 Å². The van der Waals surface area contributed by atoms with Crippen molar-refractivity contribution < 1.29 is 205 Å². The van der Waals surface area contributed by atoms with Crippen molar-refractivity contribution in [3.8, 4) is 0 Å². The van der Waals surface area contributed by atoms with Gasteiger partial charge in [-0.25, -0.2) is 0 Å². The number of hydrogen-bond donors (Lipinski definition) is 34. The molecule has 10 saturated heterocycles. The Bertz CT molecular complexity index is 3020. The van der Waals surface area contributed by atoms with Crippen molar-refractivity contribution in [2.24, 2.45) is 81.5 Å². The number of nitrogens with zero attached hydrogens (tertiary/aromatic N) is 3. The first-order chi connectivity index (χ1) is 64.1. The fraction of sp³-hybridized carbons (Fsp3) is 0.989. The summed E-state index contributed by atoms with van der Waals surface area (Å²) in [6.07, 6.45) is -32.7. The Kier molecular flexibility index (Phi) is 62.7. The van der Waals surface area contributed by atoms with Crippen LogP contribution < -0.4 is 17.2 Å². The van der Waals surface area contributed by atoms with Gasteiger partial charge in [0.25, 0.3) is 0 Å². The summed E-state index contributed by atoms with van der Waals surface area (Å²) in [6, 6.07) is -2.47. The lowest BCUT2D eigenvalue weighted by Gasteiger charge is -2.42. The van der Waals surface area contributed by atoms with E-state index in [9.17, 15) is 122 Å². The molecule has 0 radical (unpaired) electrons. The van der Waals surface area contributed by atoms with Crippen LogP contribution >= 0.6 is 12.6 Å². The molecule has 47 nitrogen and oxygen atoms in total. The van der Waals surface area contributed by atoms with Gasteiger partial charge in [0.05, 0.1) is 193 Å². The third-order valence-electron chi connectivity index (χ3n) is 25.7. The van der Waals surface area contributed by atoms with Crippen LogP contribution in [0.15, 0.2) is 5.11 Å². The van der Waals surface area contributed by atoms with Crippen LogP contribution in [0, 0.1) is 59.2 Å². The average Bonchev–Trinajstić information content (AvgIpc) is 0.766. The second-order valence-electron chi connectivity index (χ2n) is 40.3. The van der Waals surface area contributed by atoms with Crippen LogP contribution in [-0.2, 0) is 52.2 Å². The van der Waals surface area contributed by atoms with Gasteiger partial charge >= 0.3 is 0 Å².